The van der Waals surface area contributed by atoms with Crippen LogP contribution < -0.4 is 16.1 Å². The summed E-state index contributed by atoms with van der Waals surface area (Å²) in [6.07, 6.45) is 5.28. The van der Waals surface area contributed by atoms with Gasteiger partial charge in [0, 0.05) is 17.7 Å². The van der Waals surface area contributed by atoms with Crippen LogP contribution in [-0.2, 0) is 21.4 Å². The van der Waals surface area contributed by atoms with Crippen molar-refractivity contribution in [1.29, 1.82) is 0 Å². The Morgan fingerprint density at radius 3 is 2.38 bits per heavy atom. The first kappa shape index (κ1) is 23.1. The van der Waals surface area contributed by atoms with E-state index in [1.807, 2.05) is 24.4 Å². The molecule has 6 nitrogen and oxygen atoms in total. The van der Waals surface area contributed by atoms with Gasteiger partial charge in [-0.15, -0.1) is 0 Å². The molecule has 0 bridgehead atoms. The van der Waals surface area contributed by atoms with Crippen molar-refractivity contribution in [2.45, 2.75) is 44.6 Å². The molecular weight excluding hydrogens is 414 g/mol. The average molecular weight is 440 g/mol. The second-order valence-corrected chi connectivity index (χ2v) is 7.83. The molecule has 0 saturated heterocycles. The van der Waals surface area contributed by atoms with Crippen molar-refractivity contribution in [3.63, 3.8) is 0 Å². The third-order valence-corrected chi connectivity index (χ3v) is 5.24. The number of hydrogen-bond acceptors (Lipinski definition) is 4. The molecule has 1 atom stereocenters. The maximum absolute atomic E-state index is 13.3. The summed E-state index contributed by atoms with van der Waals surface area (Å²) in [5, 5.41) is 9.46. The Balaban J connectivity index is 1.49. The lowest BCUT2D eigenvalue weighted by molar-refractivity contribution is -0.127. The SMILES string of the molecule is C/C=C(\N/N=C/C1(c2ccccc2)CC1)NC(=O)[C@H](C)NC(=O)Cc1cc(F)cc(F)c1. The quantitative estimate of drug-likeness (QED) is 0.413. The molecule has 2 amide bonds. The summed E-state index contributed by atoms with van der Waals surface area (Å²) in [6, 6.07) is 12.1. The fraction of sp³-hybridized carbons (Fsp3) is 0.292. The van der Waals surface area contributed by atoms with E-state index in [2.05, 4.69) is 33.3 Å². The second kappa shape index (κ2) is 10.2. The summed E-state index contributed by atoms with van der Waals surface area (Å²) in [5.74, 6) is -2.12. The highest BCUT2D eigenvalue weighted by Gasteiger charge is 2.42. The van der Waals surface area contributed by atoms with Crippen molar-refractivity contribution in [3.05, 3.63) is 83.2 Å². The van der Waals surface area contributed by atoms with Crippen molar-refractivity contribution < 1.29 is 18.4 Å². The number of rotatable bonds is 9. The number of hydrazone groups is 1. The molecule has 3 rings (SSSR count). The van der Waals surface area contributed by atoms with Crippen LogP contribution in [0.2, 0.25) is 0 Å². The van der Waals surface area contributed by atoms with Gasteiger partial charge in [-0.25, -0.2) is 8.78 Å². The minimum Gasteiger partial charge on any atom is -0.344 e. The topological polar surface area (TPSA) is 82.6 Å². The van der Waals surface area contributed by atoms with E-state index in [4.69, 9.17) is 0 Å². The van der Waals surface area contributed by atoms with E-state index in [1.54, 1.807) is 13.0 Å². The second-order valence-electron chi connectivity index (χ2n) is 7.83. The fourth-order valence-corrected chi connectivity index (χ4v) is 3.28. The van der Waals surface area contributed by atoms with Gasteiger partial charge < -0.3 is 10.6 Å². The van der Waals surface area contributed by atoms with Gasteiger partial charge in [0.25, 0.3) is 0 Å². The van der Waals surface area contributed by atoms with Crippen LogP contribution in [0.25, 0.3) is 0 Å². The van der Waals surface area contributed by atoms with Crippen LogP contribution in [-0.4, -0.2) is 24.1 Å². The molecular formula is C24H26F2N4O2. The largest absolute Gasteiger partial charge is 0.344 e. The Hall–Kier alpha value is -3.55. The van der Waals surface area contributed by atoms with E-state index in [0.29, 0.717) is 5.82 Å². The monoisotopic (exact) mass is 440 g/mol. The maximum atomic E-state index is 13.3. The standard InChI is InChI=1S/C24H26F2N4O2/c1-3-21(30-27-15-24(9-10-24)18-7-5-4-6-8-18)29-23(32)16(2)28-22(31)13-17-11-19(25)14-20(26)12-17/h3-8,11-12,14-16,30H,9-10,13H2,1-2H3,(H,28,31)(H,29,32)/b21-3-,27-15+/t16-/m0/s1. The van der Waals surface area contributed by atoms with Gasteiger partial charge >= 0.3 is 0 Å². The highest BCUT2D eigenvalue weighted by atomic mass is 19.1. The number of hydrogen-bond donors (Lipinski definition) is 3. The molecule has 2 aromatic rings. The van der Waals surface area contributed by atoms with Crippen molar-refractivity contribution >= 4 is 18.0 Å². The number of nitrogens with zero attached hydrogens (tertiary/aromatic N) is 1. The van der Waals surface area contributed by atoms with Crippen molar-refractivity contribution in [3.8, 4) is 0 Å². The van der Waals surface area contributed by atoms with E-state index in [9.17, 15) is 18.4 Å². The summed E-state index contributed by atoms with van der Waals surface area (Å²) in [5.41, 5.74) is 4.14. The van der Waals surface area contributed by atoms with E-state index < -0.39 is 29.5 Å². The molecule has 0 radical (unpaired) electrons. The lowest BCUT2D eigenvalue weighted by Gasteiger charge is -2.16. The lowest BCUT2D eigenvalue weighted by Crippen LogP contribution is -2.46. The molecule has 2 aromatic carbocycles. The predicted molar refractivity (Wildman–Crippen MR) is 119 cm³/mol. The van der Waals surface area contributed by atoms with E-state index in [0.717, 1.165) is 31.0 Å². The maximum Gasteiger partial charge on any atom is 0.247 e. The Bertz CT molecular complexity index is 1010. The Morgan fingerprint density at radius 2 is 1.78 bits per heavy atom. The molecule has 8 heteroatoms. The van der Waals surface area contributed by atoms with E-state index in [1.165, 1.54) is 12.5 Å². The first-order valence-corrected chi connectivity index (χ1v) is 10.4. The van der Waals surface area contributed by atoms with Crippen LogP contribution in [0.3, 0.4) is 0 Å². The van der Waals surface area contributed by atoms with Crippen molar-refractivity contribution in [2.24, 2.45) is 5.10 Å². The molecule has 3 N–H and O–H groups in total. The zero-order chi connectivity index (χ0) is 23.1. The van der Waals surface area contributed by atoms with Gasteiger partial charge in [-0.1, -0.05) is 30.3 Å². The summed E-state index contributed by atoms with van der Waals surface area (Å²) < 4.78 is 26.5. The van der Waals surface area contributed by atoms with Gasteiger partial charge in [0.1, 0.15) is 23.5 Å². The number of allylic oxidation sites excluding steroid dienone is 1. The van der Waals surface area contributed by atoms with Crippen LogP contribution in [0.5, 0.6) is 0 Å². The molecule has 1 aliphatic carbocycles. The summed E-state index contributed by atoms with van der Waals surface area (Å²) >= 11 is 0. The first-order chi connectivity index (χ1) is 15.3. The highest BCUT2D eigenvalue weighted by Crippen LogP contribution is 2.46. The number of nitrogens with one attached hydrogen (secondary N) is 3. The Labute approximate surface area is 185 Å². The van der Waals surface area contributed by atoms with Gasteiger partial charge in [0.05, 0.1) is 6.42 Å². The minimum atomic E-state index is -0.860. The van der Waals surface area contributed by atoms with Crippen LogP contribution in [0.4, 0.5) is 8.78 Å². The molecule has 0 heterocycles. The normalized spacial score (nSPS) is 15.8. The average Bonchev–Trinajstić information content (AvgIpc) is 3.53. The van der Waals surface area contributed by atoms with Crippen LogP contribution in [0.15, 0.2) is 65.5 Å². The third-order valence-electron chi connectivity index (χ3n) is 5.24. The van der Waals surface area contributed by atoms with Crippen LogP contribution in [0.1, 0.15) is 37.8 Å². The van der Waals surface area contributed by atoms with Gasteiger partial charge in [-0.05, 0) is 56.0 Å². The third kappa shape index (κ3) is 6.23. The number of carbonyl (C=O) groups excluding carboxylic acids is 2. The first-order valence-electron chi connectivity index (χ1n) is 10.4. The minimum absolute atomic E-state index is 0.0746. The van der Waals surface area contributed by atoms with Crippen molar-refractivity contribution in [2.75, 3.05) is 0 Å². The van der Waals surface area contributed by atoms with Crippen LogP contribution in [0, 0.1) is 11.6 Å². The molecule has 0 unspecified atom stereocenters. The number of halogens is 2. The van der Waals surface area contributed by atoms with Crippen LogP contribution >= 0.6 is 0 Å². The number of amides is 2. The molecule has 32 heavy (non-hydrogen) atoms. The highest BCUT2D eigenvalue weighted by molar-refractivity contribution is 5.88. The molecule has 1 aliphatic rings. The molecule has 0 aromatic heterocycles. The number of benzene rings is 2. The molecule has 0 spiro atoms. The predicted octanol–water partition coefficient (Wildman–Crippen LogP) is 3.30. The van der Waals surface area contributed by atoms with Gasteiger partial charge in [-0.2, -0.15) is 5.10 Å². The zero-order valence-corrected chi connectivity index (χ0v) is 18.0. The van der Waals surface area contributed by atoms with Crippen molar-refractivity contribution in [1.82, 2.24) is 16.1 Å². The summed E-state index contributed by atoms with van der Waals surface area (Å²) in [6.45, 7) is 3.26. The molecule has 168 valence electrons. The summed E-state index contributed by atoms with van der Waals surface area (Å²) in [4.78, 5) is 24.6. The van der Waals surface area contributed by atoms with E-state index >= 15 is 0 Å². The summed E-state index contributed by atoms with van der Waals surface area (Å²) in [7, 11) is 0. The fourth-order valence-electron chi connectivity index (χ4n) is 3.28. The van der Waals surface area contributed by atoms with E-state index in [-0.39, 0.29) is 17.4 Å². The molecule has 1 saturated carbocycles. The smallest absolute Gasteiger partial charge is 0.247 e. The zero-order valence-electron chi connectivity index (χ0n) is 18.0. The van der Waals surface area contributed by atoms with Gasteiger partial charge in [0.15, 0.2) is 0 Å². The molecule has 0 aliphatic heterocycles. The van der Waals surface area contributed by atoms with Gasteiger partial charge in [-0.3, -0.25) is 15.0 Å². The molecule has 1 fully saturated rings. The Kier molecular flexibility index (Phi) is 7.35. The Morgan fingerprint density at radius 1 is 1.12 bits per heavy atom. The lowest BCUT2D eigenvalue weighted by atomic mass is 9.98. The van der Waals surface area contributed by atoms with Gasteiger partial charge in [0.2, 0.25) is 11.8 Å². The number of carbonyl (C=O) groups is 2.